The van der Waals surface area contributed by atoms with Crippen molar-refractivity contribution >= 4 is 17.3 Å². The zero-order chi connectivity index (χ0) is 14.1. The average Bonchev–Trinajstić information content (AvgIpc) is 2.43. The first-order valence-electron chi connectivity index (χ1n) is 6.11. The number of nitrogen functional groups attached to an aromatic ring is 1. The fraction of sp³-hybridized carbons (Fsp3) is 0.462. The van der Waals surface area contributed by atoms with Crippen molar-refractivity contribution < 1.29 is 14.3 Å². The Balaban J connectivity index is 2.40. The van der Waals surface area contributed by atoms with Crippen LogP contribution in [0.3, 0.4) is 0 Å². The van der Waals surface area contributed by atoms with Crippen molar-refractivity contribution in [3.8, 4) is 0 Å². The van der Waals surface area contributed by atoms with E-state index >= 15 is 0 Å². The molecule has 1 amide bonds. The Morgan fingerprint density at radius 1 is 1.32 bits per heavy atom. The number of methoxy groups -OCH3 is 1. The maximum Gasteiger partial charge on any atom is 0.251 e. The van der Waals surface area contributed by atoms with E-state index in [0.717, 1.165) is 5.69 Å². The summed E-state index contributed by atoms with van der Waals surface area (Å²) in [6.45, 7) is 2.37. The summed E-state index contributed by atoms with van der Waals surface area (Å²) in [6.07, 6.45) is 0. The topological polar surface area (TPSA) is 85.6 Å². The van der Waals surface area contributed by atoms with Crippen molar-refractivity contribution in [3.05, 3.63) is 23.8 Å². The minimum Gasteiger partial charge on any atom is -0.397 e. The van der Waals surface area contributed by atoms with Crippen molar-refractivity contribution in [2.75, 3.05) is 51.6 Å². The second kappa shape index (κ2) is 8.34. The van der Waals surface area contributed by atoms with Crippen LogP contribution < -0.4 is 16.4 Å². The number of anilines is 2. The first-order valence-corrected chi connectivity index (χ1v) is 6.11. The van der Waals surface area contributed by atoms with E-state index < -0.39 is 0 Å². The lowest BCUT2D eigenvalue weighted by Gasteiger charge is -2.11. The summed E-state index contributed by atoms with van der Waals surface area (Å²) >= 11 is 0. The summed E-state index contributed by atoms with van der Waals surface area (Å²) in [7, 11) is 3.22. The van der Waals surface area contributed by atoms with Crippen molar-refractivity contribution in [1.29, 1.82) is 0 Å². The lowest BCUT2D eigenvalue weighted by atomic mass is 10.1. The highest BCUT2D eigenvalue weighted by Crippen LogP contribution is 2.19. The molecule has 0 aliphatic carbocycles. The van der Waals surface area contributed by atoms with Gasteiger partial charge in [0.05, 0.1) is 31.2 Å². The normalized spacial score (nSPS) is 10.2. The van der Waals surface area contributed by atoms with Gasteiger partial charge in [-0.05, 0) is 18.2 Å². The number of benzene rings is 1. The quantitative estimate of drug-likeness (QED) is 0.477. The van der Waals surface area contributed by atoms with Crippen molar-refractivity contribution in [2.45, 2.75) is 0 Å². The van der Waals surface area contributed by atoms with E-state index in [1.54, 1.807) is 32.4 Å². The number of nitrogens with two attached hydrogens (primary N) is 1. The van der Waals surface area contributed by atoms with E-state index in [1.807, 2.05) is 0 Å². The Morgan fingerprint density at radius 3 is 2.74 bits per heavy atom. The Morgan fingerprint density at radius 2 is 2.11 bits per heavy atom. The molecule has 0 radical (unpaired) electrons. The monoisotopic (exact) mass is 267 g/mol. The Bertz CT molecular complexity index is 410. The molecule has 106 valence electrons. The number of hydrogen-bond donors (Lipinski definition) is 3. The molecule has 0 aliphatic heterocycles. The average molecular weight is 267 g/mol. The molecule has 1 rings (SSSR count). The maximum absolute atomic E-state index is 11.4. The molecule has 1 aromatic carbocycles. The van der Waals surface area contributed by atoms with Gasteiger partial charge in [-0.2, -0.15) is 0 Å². The van der Waals surface area contributed by atoms with Crippen molar-refractivity contribution in [3.63, 3.8) is 0 Å². The molecule has 0 saturated heterocycles. The zero-order valence-corrected chi connectivity index (χ0v) is 11.4. The summed E-state index contributed by atoms with van der Waals surface area (Å²) in [4.78, 5) is 11.4. The second-order valence-electron chi connectivity index (χ2n) is 3.91. The van der Waals surface area contributed by atoms with Crippen LogP contribution in [0.5, 0.6) is 0 Å². The van der Waals surface area contributed by atoms with Gasteiger partial charge in [0.15, 0.2) is 0 Å². The number of carbonyl (C=O) groups excluding carboxylic acids is 1. The van der Waals surface area contributed by atoms with E-state index in [1.165, 1.54) is 0 Å². The number of hydrogen-bond acceptors (Lipinski definition) is 5. The van der Waals surface area contributed by atoms with Gasteiger partial charge < -0.3 is 25.8 Å². The summed E-state index contributed by atoms with van der Waals surface area (Å²) in [6, 6.07) is 5.16. The smallest absolute Gasteiger partial charge is 0.251 e. The van der Waals surface area contributed by atoms with Crippen molar-refractivity contribution in [1.82, 2.24) is 5.32 Å². The molecule has 1 aromatic rings. The highest BCUT2D eigenvalue weighted by molar-refractivity contribution is 5.95. The lowest BCUT2D eigenvalue weighted by Crippen LogP contribution is -2.18. The van der Waals surface area contributed by atoms with Gasteiger partial charge in [-0.1, -0.05) is 0 Å². The molecule has 0 fully saturated rings. The van der Waals surface area contributed by atoms with Crippen molar-refractivity contribution in [2.24, 2.45) is 0 Å². The van der Waals surface area contributed by atoms with Crippen LogP contribution in [0.2, 0.25) is 0 Å². The van der Waals surface area contributed by atoms with Crippen LogP contribution in [-0.4, -0.2) is 46.4 Å². The Hall–Kier alpha value is -1.79. The molecule has 0 atom stereocenters. The molecule has 0 unspecified atom stereocenters. The highest BCUT2D eigenvalue weighted by atomic mass is 16.5. The highest BCUT2D eigenvalue weighted by Gasteiger charge is 2.05. The van der Waals surface area contributed by atoms with E-state index in [4.69, 9.17) is 15.2 Å². The fourth-order valence-electron chi connectivity index (χ4n) is 1.51. The number of ether oxygens (including phenoxy) is 2. The van der Waals surface area contributed by atoms with Crippen LogP contribution in [-0.2, 0) is 9.47 Å². The van der Waals surface area contributed by atoms with Crippen LogP contribution >= 0.6 is 0 Å². The van der Waals surface area contributed by atoms with Crippen LogP contribution in [0, 0.1) is 0 Å². The first-order chi connectivity index (χ1) is 9.19. The molecule has 0 spiro atoms. The number of rotatable bonds is 8. The van der Waals surface area contributed by atoms with Gasteiger partial charge in [-0.3, -0.25) is 4.79 Å². The standard InChI is InChI=1S/C13H21N3O3/c1-15-13(17)10-3-4-12(11(14)9-10)16-5-6-19-8-7-18-2/h3-4,9,16H,5-8,14H2,1-2H3,(H,15,17). The molecule has 0 aromatic heterocycles. The minimum absolute atomic E-state index is 0.152. The van der Waals surface area contributed by atoms with E-state index in [9.17, 15) is 4.79 Å². The third-order valence-electron chi connectivity index (χ3n) is 2.53. The van der Waals surface area contributed by atoms with E-state index in [0.29, 0.717) is 37.6 Å². The van der Waals surface area contributed by atoms with Gasteiger partial charge in [0.2, 0.25) is 0 Å². The van der Waals surface area contributed by atoms with Crippen LogP contribution in [0.25, 0.3) is 0 Å². The molecule has 0 saturated carbocycles. The third kappa shape index (κ3) is 5.15. The molecule has 0 bridgehead atoms. The molecule has 4 N–H and O–H groups in total. The number of carbonyl (C=O) groups is 1. The Labute approximate surface area is 113 Å². The molecule has 19 heavy (non-hydrogen) atoms. The summed E-state index contributed by atoms with van der Waals surface area (Å²) in [5.74, 6) is -0.152. The van der Waals surface area contributed by atoms with Gasteiger partial charge in [0.25, 0.3) is 5.91 Å². The summed E-state index contributed by atoms with van der Waals surface area (Å²) < 4.78 is 10.2. The zero-order valence-electron chi connectivity index (χ0n) is 11.4. The first kappa shape index (κ1) is 15.3. The number of amides is 1. The van der Waals surface area contributed by atoms with Crippen LogP contribution in [0.4, 0.5) is 11.4 Å². The lowest BCUT2D eigenvalue weighted by molar-refractivity contribution is 0.0759. The molecule has 0 heterocycles. The van der Waals surface area contributed by atoms with Gasteiger partial charge in [-0.25, -0.2) is 0 Å². The van der Waals surface area contributed by atoms with Crippen LogP contribution in [0.15, 0.2) is 18.2 Å². The Kier molecular flexibility index (Phi) is 6.70. The molecular formula is C13H21N3O3. The van der Waals surface area contributed by atoms with Gasteiger partial charge >= 0.3 is 0 Å². The second-order valence-corrected chi connectivity index (χ2v) is 3.91. The molecule has 0 aliphatic rings. The molecular weight excluding hydrogens is 246 g/mol. The van der Waals surface area contributed by atoms with Gasteiger partial charge in [0, 0.05) is 26.3 Å². The van der Waals surface area contributed by atoms with Gasteiger partial charge in [-0.15, -0.1) is 0 Å². The van der Waals surface area contributed by atoms with Crippen LogP contribution in [0.1, 0.15) is 10.4 Å². The summed E-state index contributed by atoms with van der Waals surface area (Å²) in [5.41, 5.74) is 7.75. The predicted molar refractivity (Wildman–Crippen MR) is 75.4 cm³/mol. The maximum atomic E-state index is 11.4. The van der Waals surface area contributed by atoms with E-state index in [2.05, 4.69) is 10.6 Å². The largest absolute Gasteiger partial charge is 0.397 e. The third-order valence-corrected chi connectivity index (χ3v) is 2.53. The fourth-order valence-corrected chi connectivity index (χ4v) is 1.51. The molecule has 6 nitrogen and oxygen atoms in total. The minimum atomic E-state index is -0.152. The number of nitrogens with one attached hydrogen (secondary N) is 2. The SMILES string of the molecule is CNC(=O)c1ccc(NCCOCCOC)c(N)c1. The van der Waals surface area contributed by atoms with E-state index in [-0.39, 0.29) is 5.91 Å². The van der Waals surface area contributed by atoms with Gasteiger partial charge in [0.1, 0.15) is 0 Å². The predicted octanol–water partition coefficient (Wildman–Crippen LogP) is 0.703. The summed E-state index contributed by atoms with van der Waals surface area (Å²) in [5, 5.41) is 5.70. The molecule has 6 heteroatoms.